The molecule has 0 amide bonds. The first kappa shape index (κ1) is 10.7. The zero-order valence-corrected chi connectivity index (χ0v) is 9.71. The Hall–Kier alpha value is -2.49. The van der Waals surface area contributed by atoms with Gasteiger partial charge in [-0.2, -0.15) is 0 Å². The van der Waals surface area contributed by atoms with E-state index in [1.807, 2.05) is 24.3 Å². The number of phenolic OH excluding ortho intramolecular Hbond substituents is 2. The van der Waals surface area contributed by atoms with Gasteiger partial charge in [-0.15, -0.1) is 0 Å². The normalized spacial score (nSPS) is 11.2. The van der Waals surface area contributed by atoms with E-state index in [-0.39, 0.29) is 17.1 Å². The highest BCUT2D eigenvalue weighted by Crippen LogP contribution is 2.32. The van der Waals surface area contributed by atoms with Gasteiger partial charge in [0.25, 0.3) is 5.56 Å². The predicted octanol–water partition coefficient (Wildman–Crippen LogP) is 2.10. The number of aromatic hydroxyl groups is 2. The molecule has 0 radical (unpaired) electrons. The van der Waals surface area contributed by atoms with Crippen molar-refractivity contribution in [1.82, 2.24) is 4.57 Å². The van der Waals surface area contributed by atoms with Crippen molar-refractivity contribution in [2.24, 2.45) is 7.05 Å². The van der Waals surface area contributed by atoms with Crippen molar-refractivity contribution in [3.63, 3.8) is 0 Å². The van der Waals surface area contributed by atoms with E-state index in [9.17, 15) is 15.0 Å². The summed E-state index contributed by atoms with van der Waals surface area (Å²) in [6.45, 7) is 0. The molecule has 0 spiro atoms. The summed E-state index contributed by atoms with van der Waals surface area (Å²) in [7, 11) is 1.69. The number of aromatic nitrogens is 1. The Kier molecular flexibility index (Phi) is 2.07. The molecule has 0 aliphatic carbocycles. The number of aryl methyl sites for hydroxylation is 1. The molecule has 0 aliphatic rings. The first-order valence-electron chi connectivity index (χ1n) is 5.53. The minimum absolute atomic E-state index is 0.195. The highest BCUT2D eigenvalue weighted by Gasteiger charge is 2.11. The van der Waals surface area contributed by atoms with Crippen LogP contribution in [-0.4, -0.2) is 14.8 Å². The highest BCUT2D eigenvalue weighted by molar-refractivity contribution is 6.06. The molecule has 1 aromatic heterocycles. The van der Waals surface area contributed by atoms with Crippen LogP contribution >= 0.6 is 0 Å². The molecule has 90 valence electrons. The fraction of sp³-hybridized carbons (Fsp3) is 0.0714. The maximum atomic E-state index is 12.2. The first-order valence-corrected chi connectivity index (χ1v) is 5.53. The Labute approximate surface area is 102 Å². The molecule has 0 aliphatic heterocycles. The van der Waals surface area contributed by atoms with Gasteiger partial charge in [0.2, 0.25) is 0 Å². The molecule has 0 fully saturated rings. The summed E-state index contributed by atoms with van der Waals surface area (Å²) in [5, 5.41) is 21.0. The van der Waals surface area contributed by atoms with Crippen molar-refractivity contribution in [2.75, 3.05) is 0 Å². The van der Waals surface area contributed by atoms with Gasteiger partial charge < -0.3 is 14.8 Å². The molecule has 4 nitrogen and oxygen atoms in total. The number of hydrogen-bond acceptors (Lipinski definition) is 3. The van der Waals surface area contributed by atoms with E-state index in [0.717, 1.165) is 10.9 Å². The van der Waals surface area contributed by atoms with Gasteiger partial charge in [-0.25, -0.2) is 0 Å². The lowest BCUT2D eigenvalue weighted by Crippen LogP contribution is -2.17. The van der Waals surface area contributed by atoms with E-state index in [1.165, 1.54) is 16.7 Å². The molecule has 3 rings (SSSR count). The van der Waals surface area contributed by atoms with Crippen molar-refractivity contribution >= 4 is 21.7 Å². The Morgan fingerprint density at radius 1 is 0.944 bits per heavy atom. The van der Waals surface area contributed by atoms with Crippen LogP contribution in [0.25, 0.3) is 21.7 Å². The molecule has 18 heavy (non-hydrogen) atoms. The van der Waals surface area contributed by atoms with E-state index >= 15 is 0 Å². The molecule has 2 N–H and O–H groups in total. The summed E-state index contributed by atoms with van der Waals surface area (Å²) < 4.78 is 1.54. The Morgan fingerprint density at radius 2 is 1.56 bits per heavy atom. The van der Waals surface area contributed by atoms with Gasteiger partial charge >= 0.3 is 0 Å². The van der Waals surface area contributed by atoms with E-state index < -0.39 is 0 Å². The van der Waals surface area contributed by atoms with E-state index in [2.05, 4.69) is 0 Å². The summed E-state index contributed by atoms with van der Waals surface area (Å²) in [5.41, 5.74) is 0.596. The van der Waals surface area contributed by atoms with Crippen LogP contribution in [0.15, 0.2) is 41.2 Å². The zero-order valence-electron chi connectivity index (χ0n) is 9.71. The molecule has 0 bridgehead atoms. The largest absolute Gasteiger partial charge is 0.504 e. The fourth-order valence-electron chi connectivity index (χ4n) is 2.26. The van der Waals surface area contributed by atoms with Gasteiger partial charge in [-0.1, -0.05) is 18.2 Å². The van der Waals surface area contributed by atoms with Crippen LogP contribution in [0.5, 0.6) is 11.5 Å². The third-order valence-electron chi connectivity index (χ3n) is 3.21. The van der Waals surface area contributed by atoms with Crippen LogP contribution in [0, 0.1) is 0 Å². The van der Waals surface area contributed by atoms with Crippen LogP contribution in [-0.2, 0) is 7.05 Å². The predicted molar refractivity (Wildman–Crippen MR) is 70.0 cm³/mol. The van der Waals surface area contributed by atoms with Crippen LogP contribution in [0.4, 0.5) is 0 Å². The smallest absolute Gasteiger partial charge is 0.258 e. The zero-order chi connectivity index (χ0) is 12.9. The van der Waals surface area contributed by atoms with Crippen LogP contribution in [0.3, 0.4) is 0 Å². The molecule has 0 saturated heterocycles. The maximum absolute atomic E-state index is 12.2. The minimum Gasteiger partial charge on any atom is -0.504 e. The second-order valence-corrected chi connectivity index (χ2v) is 4.27. The fourth-order valence-corrected chi connectivity index (χ4v) is 2.26. The van der Waals surface area contributed by atoms with Gasteiger partial charge in [-0.05, 0) is 18.2 Å². The highest BCUT2D eigenvalue weighted by atomic mass is 16.3. The quantitative estimate of drug-likeness (QED) is 0.468. The summed E-state index contributed by atoms with van der Waals surface area (Å²) >= 11 is 0. The maximum Gasteiger partial charge on any atom is 0.258 e. The summed E-state index contributed by atoms with van der Waals surface area (Å²) in [6, 6.07) is 10.2. The number of fused-ring (bicyclic) bond motifs is 3. The van der Waals surface area contributed by atoms with Gasteiger partial charge in [-0.3, -0.25) is 4.79 Å². The SMILES string of the molecule is Cn1c(=O)c2cc(O)c(O)cc2c2ccccc21. The van der Waals surface area contributed by atoms with E-state index in [1.54, 1.807) is 7.05 Å². The van der Waals surface area contributed by atoms with Crippen molar-refractivity contribution < 1.29 is 10.2 Å². The number of para-hydroxylation sites is 1. The lowest BCUT2D eigenvalue weighted by Gasteiger charge is -2.09. The molecular formula is C14H11NO3. The third kappa shape index (κ3) is 1.29. The number of hydrogen-bond donors (Lipinski definition) is 2. The number of pyridine rings is 1. The van der Waals surface area contributed by atoms with Crippen molar-refractivity contribution in [3.05, 3.63) is 46.8 Å². The second kappa shape index (κ2) is 3.50. The van der Waals surface area contributed by atoms with Gasteiger partial charge in [0.15, 0.2) is 11.5 Å². The topological polar surface area (TPSA) is 62.5 Å². The van der Waals surface area contributed by atoms with Crippen molar-refractivity contribution in [1.29, 1.82) is 0 Å². The number of benzene rings is 2. The van der Waals surface area contributed by atoms with Gasteiger partial charge in [0.1, 0.15) is 0 Å². The second-order valence-electron chi connectivity index (χ2n) is 4.27. The molecular weight excluding hydrogens is 230 g/mol. The minimum atomic E-state index is -0.283. The summed E-state index contributed by atoms with van der Waals surface area (Å²) in [5.74, 6) is -0.504. The average molecular weight is 241 g/mol. The third-order valence-corrected chi connectivity index (χ3v) is 3.21. The monoisotopic (exact) mass is 241 g/mol. The van der Waals surface area contributed by atoms with Crippen LogP contribution in [0.1, 0.15) is 0 Å². The number of nitrogens with zero attached hydrogens (tertiary/aromatic N) is 1. The Balaban J connectivity index is 2.70. The van der Waals surface area contributed by atoms with Gasteiger partial charge in [0, 0.05) is 17.8 Å². The van der Waals surface area contributed by atoms with Crippen LogP contribution < -0.4 is 5.56 Å². The Bertz CT molecular complexity index is 834. The van der Waals surface area contributed by atoms with E-state index in [0.29, 0.717) is 10.8 Å². The lowest BCUT2D eigenvalue weighted by molar-refractivity contribution is 0.405. The molecule has 2 aromatic carbocycles. The van der Waals surface area contributed by atoms with E-state index in [4.69, 9.17) is 0 Å². The van der Waals surface area contributed by atoms with Crippen molar-refractivity contribution in [3.8, 4) is 11.5 Å². The van der Waals surface area contributed by atoms with Gasteiger partial charge in [0.05, 0.1) is 10.9 Å². The molecule has 0 unspecified atom stereocenters. The lowest BCUT2D eigenvalue weighted by atomic mass is 10.1. The number of phenols is 2. The summed E-state index contributed by atoms with van der Waals surface area (Å²) in [6.07, 6.45) is 0. The molecule has 4 heteroatoms. The van der Waals surface area contributed by atoms with Crippen molar-refractivity contribution in [2.45, 2.75) is 0 Å². The summed E-state index contributed by atoms with van der Waals surface area (Å²) in [4.78, 5) is 12.2. The molecule has 3 aromatic rings. The molecule has 0 saturated carbocycles. The first-order chi connectivity index (χ1) is 8.59. The van der Waals surface area contributed by atoms with Crippen LogP contribution in [0.2, 0.25) is 0 Å². The standard InChI is InChI=1S/C14H11NO3/c1-15-11-5-3-2-4-8(11)9-6-12(16)13(17)7-10(9)14(15)18/h2-7,16-17H,1H3. The molecule has 0 atom stereocenters. The Morgan fingerprint density at radius 3 is 2.28 bits per heavy atom. The molecule has 1 heterocycles. The number of rotatable bonds is 0. The average Bonchev–Trinajstić information content (AvgIpc) is 2.38.